The van der Waals surface area contributed by atoms with Crippen LogP contribution >= 0.6 is 22.4 Å². The average molecular weight is 474 g/mol. The standard InChI is InChI=1S/C11H17N4O9P3S/c12-9-3-4-13-11-10(9)14-6-15(11)7-1-2-8(5-7)22-25(16,17)23-26(18,19)24-27(20,21)28/h3-4,6-8H,1-2,5H2,(H2,12,13)(H,16,17)(H,18,19)(H2,20,21,28)/t7-,8?/m1/s1. The molecule has 4 atom stereocenters. The first-order chi connectivity index (χ1) is 12.9. The van der Waals surface area contributed by atoms with Crippen LogP contribution in [0.2, 0.25) is 0 Å². The van der Waals surface area contributed by atoms with Crippen molar-refractivity contribution in [1.82, 2.24) is 14.5 Å². The van der Waals surface area contributed by atoms with E-state index in [-0.39, 0.29) is 12.5 Å². The van der Waals surface area contributed by atoms with Crippen LogP contribution in [0.3, 0.4) is 0 Å². The molecule has 1 aliphatic rings. The van der Waals surface area contributed by atoms with Crippen molar-refractivity contribution < 1.29 is 41.8 Å². The molecule has 0 saturated heterocycles. The van der Waals surface area contributed by atoms with Crippen LogP contribution in [0, 0.1) is 0 Å². The summed E-state index contributed by atoms with van der Waals surface area (Å²) in [4.78, 5) is 45.2. The van der Waals surface area contributed by atoms with Gasteiger partial charge in [-0.25, -0.2) is 23.4 Å². The van der Waals surface area contributed by atoms with Crippen molar-refractivity contribution in [2.24, 2.45) is 0 Å². The fourth-order valence-corrected chi connectivity index (χ4v) is 6.96. The number of anilines is 1. The van der Waals surface area contributed by atoms with E-state index in [4.69, 9.17) is 20.0 Å². The van der Waals surface area contributed by atoms with Crippen molar-refractivity contribution in [1.29, 1.82) is 0 Å². The smallest absolute Gasteiger partial charge is 0.397 e. The minimum absolute atomic E-state index is 0.164. The molecule has 156 valence electrons. The first-order valence-corrected chi connectivity index (χ1v) is 13.4. The predicted molar refractivity (Wildman–Crippen MR) is 100 cm³/mol. The Kier molecular flexibility index (Phi) is 6.13. The van der Waals surface area contributed by atoms with Gasteiger partial charge in [0.1, 0.15) is 5.52 Å². The first kappa shape index (κ1) is 21.9. The fourth-order valence-electron chi connectivity index (χ4n) is 2.97. The molecule has 1 fully saturated rings. The zero-order valence-electron chi connectivity index (χ0n) is 14.0. The van der Waals surface area contributed by atoms with Gasteiger partial charge < -0.3 is 29.9 Å². The second-order valence-electron chi connectivity index (χ2n) is 6.01. The Labute approximate surface area is 163 Å². The maximum Gasteiger partial charge on any atom is 0.488 e. The van der Waals surface area contributed by atoms with E-state index < -0.39 is 28.5 Å². The van der Waals surface area contributed by atoms with Gasteiger partial charge in [-0.15, -0.1) is 0 Å². The number of nitrogens with zero attached hydrogens (tertiary/aromatic N) is 3. The number of hydrogen-bond donors (Lipinski definition) is 5. The molecule has 2 heterocycles. The Morgan fingerprint density at radius 1 is 1.14 bits per heavy atom. The third-order valence-electron chi connectivity index (χ3n) is 3.94. The highest BCUT2D eigenvalue weighted by atomic mass is 32.5. The third kappa shape index (κ3) is 5.44. The Balaban J connectivity index is 1.67. The number of aromatic nitrogens is 3. The van der Waals surface area contributed by atoms with Crippen molar-refractivity contribution in [3.8, 4) is 0 Å². The lowest BCUT2D eigenvalue weighted by molar-refractivity contribution is 0.128. The van der Waals surface area contributed by atoms with Gasteiger partial charge >= 0.3 is 22.4 Å². The van der Waals surface area contributed by atoms with Gasteiger partial charge in [0.2, 0.25) is 0 Å². The van der Waals surface area contributed by atoms with Gasteiger partial charge in [0.15, 0.2) is 5.65 Å². The number of phosphoric acid groups is 2. The molecule has 17 heteroatoms. The van der Waals surface area contributed by atoms with Gasteiger partial charge in [0, 0.05) is 12.2 Å². The molecule has 0 radical (unpaired) electrons. The van der Waals surface area contributed by atoms with Crippen LogP contribution < -0.4 is 5.73 Å². The number of phosphoric ester groups is 1. The van der Waals surface area contributed by atoms with Gasteiger partial charge in [-0.1, -0.05) is 0 Å². The second kappa shape index (κ2) is 7.82. The molecule has 2 aromatic rings. The first-order valence-electron chi connectivity index (χ1n) is 7.74. The Bertz CT molecular complexity index is 1030. The molecule has 0 spiro atoms. The molecule has 3 rings (SSSR count). The molecule has 3 unspecified atom stereocenters. The highest BCUT2D eigenvalue weighted by molar-refractivity contribution is 8.08. The summed E-state index contributed by atoms with van der Waals surface area (Å²) in [5, 5.41) is 0. The molecule has 0 aromatic carbocycles. The lowest BCUT2D eigenvalue weighted by atomic mass is 10.2. The molecular weight excluding hydrogens is 457 g/mol. The molecule has 6 N–H and O–H groups in total. The maximum absolute atomic E-state index is 12.0. The van der Waals surface area contributed by atoms with E-state index in [1.807, 2.05) is 0 Å². The fraction of sp³-hybridized carbons (Fsp3) is 0.455. The summed E-state index contributed by atoms with van der Waals surface area (Å²) >= 11 is 4.03. The molecule has 0 amide bonds. The van der Waals surface area contributed by atoms with Gasteiger partial charge in [0.25, 0.3) is 0 Å². The van der Waals surface area contributed by atoms with Crippen LogP contribution in [-0.4, -0.2) is 40.2 Å². The van der Waals surface area contributed by atoms with Gasteiger partial charge in [-0.05, 0) is 37.1 Å². The molecular formula is C11H17N4O9P3S. The van der Waals surface area contributed by atoms with Crippen LogP contribution in [-0.2, 0) is 34.1 Å². The van der Waals surface area contributed by atoms with Crippen molar-refractivity contribution in [2.45, 2.75) is 31.4 Å². The topological polar surface area (TPSA) is 199 Å². The molecule has 13 nitrogen and oxygen atoms in total. The van der Waals surface area contributed by atoms with Gasteiger partial charge in [-0.3, -0.25) is 4.52 Å². The zero-order chi connectivity index (χ0) is 20.7. The van der Waals surface area contributed by atoms with E-state index >= 15 is 0 Å². The molecule has 0 bridgehead atoms. The van der Waals surface area contributed by atoms with Crippen molar-refractivity contribution in [2.75, 3.05) is 5.73 Å². The van der Waals surface area contributed by atoms with Crippen LogP contribution in [0.25, 0.3) is 11.2 Å². The van der Waals surface area contributed by atoms with E-state index in [2.05, 4.69) is 30.4 Å². The summed E-state index contributed by atoms with van der Waals surface area (Å²) in [6, 6.07) is 1.45. The highest BCUT2D eigenvalue weighted by Gasteiger charge is 2.42. The van der Waals surface area contributed by atoms with E-state index in [9.17, 15) is 18.9 Å². The van der Waals surface area contributed by atoms with E-state index in [0.29, 0.717) is 29.7 Å². The minimum Gasteiger partial charge on any atom is -0.397 e. The maximum atomic E-state index is 12.0. The molecule has 2 aromatic heterocycles. The number of imidazole rings is 1. The predicted octanol–water partition coefficient (Wildman–Crippen LogP) is 1.57. The zero-order valence-corrected chi connectivity index (χ0v) is 17.5. The molecule has 1 aliphatic carbocycles. The molecule has 28 heavy (non-hydrogen) atoms. The van der Waals surface area contributed by atoms with Crippen molar-refractivity contribution in [3.63, 3.8) is 0 Å². The number of nitrogen functional groups attached to an aromatic ring is 1. The summed E-state index contributed by atoms with van der Waals surface area (Å²) in [5.74, 6) is 0. The monoisotopic (exact) mass is 474 g/mol. The number of nitrogens with two attached hydrogens (primary N) is 1. The summed E-state index contributed by atoms with van der Waals surface area (Å²) in [6.07, 6.45) is 3.47. The number of pyridine rings is 1. The van der Waals surface area contributed by atoms with Crippen LogP contribution in [0.15, 0.2) is 18.6 Å². The van der Waals surface area contributed by atoms with Gasteiger partial charge in [0.05, 0.1) is 18.1 Å². The molecule has 0 aliphatic heterocycles. The quantitative estimate of drug-likeness (QED) is 0.363. The SMILES string of the molecule is Nc1ccnc2c1ncn2[C@@H]1CCC(OP(=O)(O)OP(=O)(O)OP(O)(O)=S)C1. The van der Waals surface area contributed by atoms with E-state index in [0.717, 1.165) is 0 Å². The lowest BCUT2D eigenvalue weighted by Gasteiger charge is -2.20. The van der Waals surface area contributed by atoms with E-state index in [1.54, 1.807) is 17.0 Å². The van der Waals surface area contributed by atoms with Gasteiger partial charge in [-0.2, -0.15) is 4.31 Å². The van der Waals surface area contributed by atoms with Crippen LogP contribution in [0.5, 0.6) is 0 Å². The van der Waals surface area contributed by atoms with E-state index in [1.165, 1.54) is 6.20 Å². The summed E-state index contributed by atoms with van der Waals surface area (Å²) < 4.78 is 38.1. The summed E-state index contributed by atoms with van der Waals surface area (Å²) in [6.45, 7) is -4.60. The Hall–Kier alpha value is -0.750. The summed E-state index contributed by atoms with van der Waals surface area (Å²) in [5.41, 5.74) is 7.41. The second-order valence-corrected chi connectivity index (χ2v) is 11.8. The van der Waals surface area contributed by atoms with Crippen molar-refractivity contribution in [3.05, 3.63) is 18.6 Å². The average Bonchev–Trinajstić information content (AvgIpc) is 3.09. The van der Waals surface area contributed by atoms with Crippen molar-refractivity contribution >= 4 is 51.0 Å². The van der Waals surface area contributed by atoms with Crippen LogP contribution in [0.1, 0.15) is 25.3 Å². The number of rotatable bonds is 7. The number of fused-ring (bicyclic) bond motifs is 1. The third-order valence-corrected chi connectivity index (χ3v) is 8.43. The summed E-state index contributed by atoms with van der Waals surface area (Å²) in [7, 11) is -10.4. The Morgan fingerprint density at radius 3 is 2.54 bits per heavy atom. The highest BCUT2D eigenvalue weighted by Crippen LogP contribution is 2.67. The largest absolute Gasteiger partial charge is 0.488 e. The lowest BCUT2D eigenvalue weighted by Crippen LogP contribution is -2.10. The molecule has 1 saturated carbocycles. The Morgan fingerprint density at radius 2 is 1.86 bits per heavy atom. The minimum atomic E-state index is -5.33. The number of hydrogen-bond acceptors (Lipinski definition) is 9. The van der Waals surface area contributed by atoms with Crippen LogP contribution in [0.4, 0.5) is 5.69 Å². The normalized spacial score (nSPS) is 24.9.